The van der Waals surface area contributed by atoms with E-state index in [2.05, 4.69) is 0 Å². The van der Waals surface area contributed by atoms with Crippen LogP contribution in [-0.2, 0) is 0 Å². The summed E-state index contributed by atoms with van der Waals surface area (Å²) in [7, 11) is 1.77. The predicted octanol–water partition coefficient (Wildman–Crippen LogP) is 3.31. The second kappa shape index (κ2) is 4.96. The van der Waals surface area contributed by atoms with Crippen LogP contribution in [0.25, 0.3) is 0 Å². The number of phenolic OH excluding ortho intramolecular Hbond substituents is 1. The number of hydrogen-bond acceptors (Lipinski definition) is 2. The van der Waals surface area contributed by atoms with E-state index in [0.29, 0.717) is 5.56 Å². The van der Waals surface area contributed by atoms with Crippen molar-refractivity contribution >= 4 is 17.5 Å². The van der Waals surface area contributed by atoms with Crippen LogP contribution >= 0.6 is 11.6 Å². The second-order valence-corrected chi connectivity index (χ2v) is 5.10. The van der Waals surface area contributed by atoms with Crippen molar-refractivity contribution in [3.63, 3.8) is 0 Å². The van der Waals surface area contributed by atoms with E-state index in [1.54, 1.807) is 18.0 Å². The number of nitrogens with zero attached hydrogens (tertiary/aromatic N) is 1. The van der Waals surface area contributed by atoms with Gasteiger partial charge < -0.3 is 10.0 Å². The quantitative estimate of drug-likeness (QED) is 0.900. The normalized spacial score (nSPS) is 11.4. The third-order valence-corrected chi connectivity index (χ3v) is 3.58. The number of hydrogen-bond donors (Lipinski definition) is 1. The van der Waals surface area contributed by atoms with Crippen LogP contribution in [0.2, 0.25) is 5.02 Å². The Morgan fingerprint density at radius 1 is 1.47 bits per heavy atom. The third-order valence-electron chi connectivity index (χ3n) is 3.27. The van der Waals surface area contributed by atoms with Crippen molar-refractivity contribution in [3.8, 4) is 5.75 Å². The summed E-state index contributed by atoms with van der Waals surface area (Å²) in [5.41, 5.74) is 0.276. The molecule has 0 saturated carbocycles. The summed E-state index contributed by atoms with van der Waals surface area (Å²) in [4.78, 5) is 13.9. The van der Waals surface area contributed by atoms with Crippen LogP contribution in [0, 0.1) is 0 Å². The molecule has 0 spiro atoms. The number of benzene rings is 1. The molecule has 0 aliphatic rings. The third kappa shape index (κ3) is 2.91. The maximum absolute atomic E-state index is 12.2. The van der Waals surface area contributed by atoms with E-state index >= 15 is 0 Å². The number of carbonyl (C=O) groups excluding carboxylic acids is 1. The number of aromatic hydroxyl groups is 1. The number of carbonyl (C=O) groups is 1. The van der Waals surface area contributed by atoms with Crippen molar-refractivity contribution in [3.05, 3.63) is 28.8 Å². The smallest absolute Gasteiger partial charge is 0.254 e. The Balaban J connectivity index is 3.01. The molecular formula is C13H18ClNO2. The van der Waals surface area contributed by atoms with Gasteiger partial charge in [-0.25, -0.2) is 0 Å². The van der Waals surface area contributed by atoms with Gasteiger partial charge in [-0.3, -0.25) is 4.79 Å². The summed E-state index contributed by atoms with van der Waals surface area (Å²) >= 11 is 5.79. The standard InChI is InChI=1S/C13H18ClNO2/c1-5-13(2,3)15(4)12(17)9-6-7-11(16)10(14)8-9/h6-8,16H,5H2,1-4H3. The molecule has 0 radical (unpaired) electrons. The SMILES string of the molecule is CCC(C)(C)N(C)C(=O)c1ccc(O)c(Cl)c1. The van der Waals surface area contributed by atoms with Crippen molar-refractivity contribution in [2.75, 3.05) is 7.05 Å². The zero-order valence-electron chi connectivity index (χ0n) is 10.6. The number of rotatable bonds is 3. The highest BCUT2D eigenvalue weighted by molar-refractivity contribution is 6.32. The Morgan fingerprint density at radius 2 is 2.06 bits per heavy atom. The van der Waals surface area contributed by atoms with Gasteiger partial charge in [0.05, 0.1) is 5.02 Å². The van der Waals surface area contributed by atoms with Crippen molar-refractivity contribution in [1.29, 1.82) is 0 Å². The van der Waals surface area contributed by atoms with Gasteiger partial charge in [0.2, 0.25) is 0 Å². The lowest BCUT2D eigenvalue weighted by molar-refractivity contribution is 0.0620. The Kier molecular flexibility index (Phi) is 4.04. The van der Waals surface area contributed by atoms with E-state index in [1.807, 2.05) is 20.8 Å². The minimum atomic E-state index is -0.207. The van der Waals surface area contributed by atoms with Crippen molar-refractivity contribution in [2.45, 2.75) is 32.7 Å². The molecule has 0 saturated heterocycles. The topological polar surface area (TPSA) is 40.5 Å². The van der Waals surface area contributed by atoms with Crippen molar-refractivity contribution in [2.24, 2.45) is 0 Å². The molecule has 1 N–H and O–H groups in total. The zero-order chi connectivity index (χ0) is 13.2. The summed E-state index contributed by atoms with van der Waals surface area (Å²) in [5, 5.41) is 9.51. The van der Waals surface area contributed by atoms with E-state index in [-0.39, 0.29) is 22.2 Å². The van der Waals surface area contributed by atoms with Crippen molar-refractivity contribution in [1.82, 2.24) is 4.90 Å². The highest BCUT2D eigenvalue weighted by atomic mass is 35.5. The predicted molar refractivity (Wildman–Crippen MR) is 69.6 cm³/mol. The largest absolute Gasteiger partial charge is 0.506 e. The lowest BCUT2D eigenvalue weighted by atomic mass is 9.99. The van der Waals surface area contributed by atoms with Gasteiger partial charge >= 0.3 is 0 Å². The lowest BCUT2D eigenvalue weighted by Crippen LogP contribution is -2.44. The van der Waals surface area contributed by atoms with Crippen LogP contribution in [0.3, 0.4) is 0 Å². The fraction of sp³-hybridized carbons (Fsp3) is 0.462. The first-order valence-corrected chi connectivity index (χ1v) is 5.94. The van der Waals surface area contributed by atoms with Crippen LogP contribution < -0.4 is 0 Å². The van der Waals surface area contributed by atoms with Crippen LogP contribution in [0.5, 0.6) is 5.75 Å². The molecule has 1 aromatic rings. The van der Waals surface area contributed by atoms with Gasteiger partial charge in [0.25, 0.3) is 5.91 Å². The van der Waals surface area contributed by atoms with E-state index in [1.165, 1.54) is 12.1 Å². The minimum Gasteiger partial charge on any atom is -0.506 e. The van der Waals surface area contributed by atoms with Crippen LogP contribution in [-0.4, -0.2) is 28.5 Å². The van der Waals surface area contributed by atoms with Gasteiger partial charge in [-0.15, -0.1) is 0 Å². The van der Waals surface area contributed by atoms with Gasteiger partial charge in [0, 0.05) is 18.2 Å². The molecular weight excluding hydrogens is 238 g/mol. The molecule has 3 nitrogen and oxygen atoms in total. The molecule has 4 heteroatoms. The number of amides is 1. The maximum atomic E-state index is 12.2. The first kappa shape index (κ1) is 13.8. The minimum absolute atomic E-state index is 0.0133. The summed E-state index contributed by atoms with van der Waals surface area (Å²) in [6, 6.07) is 4.50. The van der Waals surface area contributed by atoms with E-state index in [4.69, 9.17) is 11.6 Å². The molecule has 94 valence electrons. The van der Waals surface area contributed by atoms with E-state index in [0.717, 1.165) is 6.42 Å². The van der Waals surface area contributed by atoms with Crippen LogP contribution in [0.4, 0.5) is 0 Å². The van der Waals surface area contributed by atoms with E-state index < -0.39 is 0 Å². The second-order valence-electron chi connectivity index (χ2n) is 4.70. The van der Waals surface area contributed by atoms with Gasteiger partial charge in [-0.05, 0) is 38.5 Å². The first-order chi connectivity index (χ1) is 7.79. The highest BCUT2D eigenvalue weighted by Gasteiger charge is 2.26. The molecule has 0 heterocycles. The Morgan fingerprint density at radius 3 is 2.53 bits per heavy atom. The maximum Gasteiger partial charge on any atom is 0.254 e. The first-order valence-electron chi connectivity index (χ1n) is 5.56. The molecule has 1 rings (SSSR count). The number of halogens is 1. The molecule has 0 aromatic heterocycles. The van der Waals surface area contributed by atoms with E-state index in [9.17, 15) is 9.90 Å². The fourth-order valence-electron chi connectivity index (χ4n) is 1.35. The molecule has 0 bridgehead atoms. The molecule has 1 aromatic carbocycles. The highest BCUT2D eigenvalue weighted by Crippen LogP contribution is 2.26. The van der Waals surface area contributed by atoms with Gasteiger partial charge in [-0.1, -0.05) is 18.5 Å². The Hall–Kier alpha value is -1.22. The molecule has 0 aliphatic heterocycles. The van der Waals surface area contributed by atoms with Gasteiger partial charge in [0.1, 0.15) is 5.75 Å². The van der Waals surface area contributed by atoms with Crippen LogP contribution in [0.15, 0.2) is 18.2 Å². The molecule has 0 fully saturated rings. The summed E-state index contributed by atoms with van der Waals surface area (Å²) in [6.07, 6.45) is 0.862. The average Bonchev–Trinajstić information content (AvgIpc) is 2.30. The number of phenols is 1. The molecule has 0 atom stereocenters. The summed E-state index contributed by atoms with van der Waals surface area (Å²) in [5.74, 6) is -0.112. The summed E-state index contributed by atoms with van der Waals surface area (Å²) in [6.45, 7) is 6.05. The Labute approximate surface area is 107 Å². The average molecular weight is 256 g/mol. The monoisotopic (exact) mass is 255 g/mol. The molecule has 17 heavy (non-hydrogen) atoms. The van der Waals surface area contributed by atoms with Crippen LogP contribution in [0.1, 0.15) is 37.6 Å². The Bertz CT molecular complexity index is 429. The lowest BCUT2D eigenvalue weighted by Gasteiger charge is -2.35. The molecule has 0 aliphatic carbocycles. The van der Waals surface area contributed by atoms with Crippen molar-refractivity contribution < 1.29 is 9.90 Å². The molecule has 0 unspecified atom stereocenters. The van der Waals surface area contributed by atoms with Gasteiger partial charge in [-0.2, -0.15) is 0 Å². The molecule has 1 amide bonds. The summed E-state index contributed by atoms with van der Waals surface area (Å²) < 4.78 is 0. The fourth-order valence-corrected chi connectivity index (χ4v) is 1.53. The van der Waals surface area contributed by atoms with Gasteiger partial charge in [0.15, 0.2) is 0 Å². The zero-order valence-corrected chi connectivity index (χ0v) is 11.4.